The summed E-state index contributed by atoms with van der Waals surface area (Å²) in [5, 5.41) is 4.30. The summed E-state index contributed by atoms with van der Waals surface area (Å²) in [6.45, 7) is 3.20. The Balaban J connectivity index is 0.00000280. The molecule has 1 atom stereocenters. The van der Waals surface area contributed by atoms with Crippen LogP contribution >= 0.6 is 24.2 Å². The van der Waals surface area contributed by atoms with Gasteiger partial charge in [0.25, 0.3) is 0 Å². The SMILES string of the molecule is CCCN1/C(=N/C23CC4CC(CC(C4)C2)C3)SCC1CC(=O)Nc1ccc(Oc2ccccc2)cc1.Cl. The van der Waals surface area contributed by atoms with E-state index in [2.05, 4.69) is 17.1 Å². The Kier molecular flexibility index (Phi) is 8.06. The van der Waals surface area contributed by atoms with Crippen LogP contribution in [0, 0.1) is 17.8 Å². The Morgan fingerprint density at radius 1 is 1.00 bits per heavy atom. The Morgan fingerprint density at radius 2 is 1.62 bits per heavy atom. The van der Waals surface area contributed by atoms with Gasteiger partial charge in [-0.2, -0.15) is 0 Å². The highest BCUT2D eigenvalue weighted by atomic mass is 35.5. The van der Waals surface area contributed by atoms with Crippen LogP contribution in [0.15, 0.2) is 59.6 Å². The molecule has 198 valence electrons. The molecule has 7 rings (SSSR count). The van der Waals surface area contributed by atoms with Crippen LogP contribution in [0.2, 0.25) is 0 Å². The Hall–Kier alpha value is -2.18. The van der Waals surface area contributed by atoms with E-state index in [4.69, 9.17) is 9.73 Å². The zero-order valence-electron chi connectivity index (χ0n) is 21.6. The molecule has 0 radical (unpaired) electrons. The standard InChI is InChI=1S/C30H37N3O2S.ClH/c1-2-12-33-25(20-36-29(33)32-30-17-21-13-22(18-30)15-23(14-21)19-30)16-28(34)31-24-8-10-27(11-9-24)35-26-6-4-3-5-7-26;/h3-11,21-23,25H,2,12-20H2,1H3,(H,31,34);1H/b32-29-;. The number of aliphatic imine (C=N–C) groups is 1. The third kappa shape index (κ3) is 5.96. The summed E-state index contributed by atoms with van der Waals surface area (Å²) < 4.78 is 5.86. The van der Waals surface area contributed by atoms with E-state index in [0.29, 0.717) is 6.42 Å². The van der Waals surface area contributed by atoms with Crippen molar-refractivity contribution in [3.8, 4) is 11.5 Å². The molecule has 5 fully saturated rings. The Bertz CT molecular complexity index is 1070. The third-order valence-corrected chi connectivity index (χ3v) is 9.57. The van der Waals surface area contributed by atoms with Gasteiger partial charge in [0.05, 0.1) is 5.54 Å². The van der Waals surface area contributed by atoms with Gasteiger partial charge in [-0.25, -0.2) is 0 Å². The van der Waals surface area contributed by atoms with Crippen LogP contribution in [0.3, 0.4) is 0 Å². The second kappa shape index (κ2) is 11.3. The van der Waals surface area contributed by atoms with Gasteiger partial charge < -0.3 is 15.0 Å². The number of hydrogen-bond donors (Lipinski definition) is 1. The summed E-state index contributed by atoms with van der Waals surface area (Å²) in [6, 6.07) is 17.5. The lowest BCUT2D eigenvalue weighted by Gasteiger charge is -2.55. The van der Waals surface area contributed by atoms with Crippen molar-refractivity contribution in [3.05, 3.63) is 54.6 Å². The van der Waals surface area contributed by atoms with Crippen molar-refractivity contribution in [1.82, 2.24) is 4.90 Å². The quantitative estimate of drug-likeness (QED) is 0.380. The number of thioether (sulfide) groups is 1. The molecule has 4 aliphatic carbocycles. The number of benzene rings is 2. The van der Waals surface area contributed by atoms with Crippen molar-refractivity contribution in [2.45, 2.75) is 69.9 Å². The van der Waals surface area contributed by atoms with Gasteiger partial charge in [0.15, 0.2) is 5.17 Å². The highest BCUT2D eigenvalue weighted by Crippen LogP contribution is 2.57. The first kappa shape index (κ1) is 26.4. The Morgan fingerprint density at radius 3 is 2.24 bits per heavy atom. The van der Waals surface area contributed by atoms with E-state index in [1.807, 2.05) is 66.4 Å². The number of amides is 1. The van der Waals surface area contributed by atoms with E-state index in [-0.39, 0.29) is 29.9 Å². The fourth-order valence-corrected chi connectivity index (χ4v) is 8.65. The number of ether oxygens (including phenoxy) is 1. The molecule has 1 heterocycles. The monoisotopic (exact) mass is 539 g/mol. The van der Waals surface area contributed by atoms with Gasteiger partial charge in [0.2, 0.25) is 5.91 Å². The van der Waals surface area contributed by atoms with E-state index in [9.17, 15) is 4.79 Å². The molecule has 5 aliphatic rings. The molecule has 1 N–H and O–H groups in total. The molecule has 4 bridgehead atoms. The number of nitrogens with one attached hydrogen (secondary N) is 1. The molecule has 2 aromatic rings. The molecule has 1 aliphatic heterocycles. The second-order valence-electron chi connectivity index (χ2n) is 11.4. The average Bonchev–Trinajstić information content (AvgIpc) is 3.20. The first-order chi connectivity index (χ1) is 17.6. The van der Waals surface area contributed by atoms with Gasteiger partial charge in [-0.05, 0) is 99.1 Å². The normalized spacial score (nSPS) is 30.8. The molecule has 0 spiro atoms. The van der Waals surface area contributed by atoms with Crippen LogP contribution < -0.4 is 10.1 Å². The number of halogens is 1. The summed E-state index contributed by atoms with van der Waals surface area (Å²) in [5.41, 5.74) is 0.986. The lowest BCUT2D eigenvalue weighted by Crippen LogP contribution is -2.50. The third-order valence-electron chi connectivity index (χ3n) is 8.43. The number of para-hydroxylation sites is 1. The van der Waals surface area contributed by atoms with E-state index in [0.717, 1.165) is 53.7 Å². The molecule has 2 aromatic carbocycles. The second-order valence-corrected chi connectivity index (χ2v) is 12.4. The fraction of sp³-hybridized carbons (Fsp3) is 0.533. The minimum atomic E-state index is 0. The molecule has 37 heavy (non-hydrogen) atoms. The zero-order valence-corrected chi connectivity index (χ0v) is 23.2. The van der Waals surface area contributed by atoms with Gasteiger partial charge in [-0.15, -0.1) is 12.4 Å². The van der Waals surface area contributed by atoms with E-state index >= 15 is 0 Å². The van der Waals surface area contributed by atoms with Gasteiger partial charge in [-0.3, -0.25) is 9.79 Å². The van der Waals surface area contributed by atoms with Crippen molar-refractivity contribution in [2.24, 2.45) is 22.7 Å². The number of anilines is 1. The minimum Gasteiger partial charge on any atom is -0.457 e. The summed E-state index contributed by atoms with van der Waals surface area (Å²) in [5.74, 6) is 5.27. The first-order valence-corrected chi connectivity index (χ1v) is 14.7. The lowest BCUT2D eigenvalue weighted by molar-refractivity contribution is -0.116. The minimum absolute atomic E-state index is 0. The molecule has 1 amide bonds. The largest absolute Gasteiger partial charge is 0.457 e. The number of hydrogen-bond acceptors (Lipinski definition) is 4. The average molecular weight is 540 g/mol. The maximum atomic E-state index is 13.0. The highest BCUT2D eigenvalue weighted by molar-refractivity contribution is 8.14. The van der Waals surface area contributed by atoms with Crippen LogP contribution in [0.4, 0.5) is 5.69 Å². The number of nitrogens with zero attached hydrogens (tertiary/aromatic N) is 2. The summed E-state index contributed by atoms with van der Waals surface area (Å²) in [7, 11) is 0. The number of amidine groups is 1. The predicted molar refractivity (Wildman–Crippen MR) is 155 cm³/mol. The maximum absolute atomic E-state index is 13.0. The van der Waals surface area contributed by atoms with Crippen molar-refractivity contribution >= 4 is 40.9 Å². The van der Waals surface area contributed by atoms with Gasteiger partial charge >= 0.3 is 0 Å². The highest BCUT2D eigenvalue weighted by Gasteiger charge is 2.51. The summed E-state index contributed by atoms with van der Waals surface area (Å²) in [4.78, 5) is 20.9. The van der Waals surface area contributed by atoms with Crippen LogP contribution in [0.1, 0.15) is 58.3 Å². The van der Waals surface area contributed by atoms with Crippen molar-refractivity contribution in [3.63, 3.8) is 0 Å². The number of carbonyl (C=O) groups excluding carboxylic acids is 1. The molecule has 0 aromatic heterocycles. The molecule has 1 saturated heterocycles. The lowest BCUT2D eigenvalue weighted by atomic mass is 9.53. The molecule has 1 unspecified atom stereocenters. The van der Waals surface area contributed by atoms with Crippen LogP contribution in [0.5, 0.6) is 11.5 Å². The van der Waals surface area contributed by atoms with E-state index in [1.165, 1.54) is 43.7 Å². The van der Waals surface area contributed by atoms with Crippen LogP contribution in [0.25, 0.3) is 0 Å². The topological polar surface area (TPSA) is 53.9 Å². The zero-order chi connectivity index (χ0) is 24.5. The van der Waals surface area contributed by atoms with Crippen molar-refractivity contribution < 1.29 is 9.53 Å². The maximum Gasteiger partial charge on any atom is 0.226 e. The first-order valence-electron chi connectivity index (χ1n) is 13.7. The summed E-state index contributed by atoms with van der Waals surface area (Å²) >= 11 is 1.88. The predicted octanol–water partition coefficient (Wildman–Crippen LogP) is 7.38. The van der Waals surface area contributed by atoms with E-state index < -0.39 is 0 Å². The Labute approximate surface area is 231 Å². The summed E-state index contributed by atoms with van der Waals surface area (Å²) in [6.07, 6.45) is 9.76. The molecular formula is C30H38ClN3O2S. The van der Waals surface area contributed by atoms with Gasteiger partial charge in [-0.1, -0.05) is 36.9 Å². The smallest absolute Gasteiger partial charge is 0.226 e. The van der Waals surface area contributed by atoms with Gasteiger partial charge in [0, 0.05) is 30.4 Å². The van der Waals surface area contributed by atoms with Crippen molar-refractivity contribution in [2.75, 3.05) is 17.6 Å². The van der Waals surface area contributed by atoms with Crippen LogP contribution in [-0.4, -0.2) is 39.9 Å². The molecule has 4 saturated carbocycles. The molecule has 5 nitrogen and oxygen atoms in total. The van der Waals surface area contributed by atoms with E-state index in [1.54, 1.807) is 0 Å². The molecular weight excluding hydrogens is 502 g/mol. The number of rotatable bonds is 8. The van der Waals surface area contributed by atoms with Crippen molar-refractivity contribution in [1.29, 1.82) is 0 Å². The fourth-order valence-electron chi connectivity index (χ4n) is 7.35. The van der Waals surface area contributed by atoms with Crippen LogP contribution in [-0.2, 0) is 4.79 Å². The van der Waals surface area contributed by atoms with Gasteiger partial charge in [0.1, 0.15) is 11.5 Å². The number of carbonyl (C=O) groups is 1. The molecule has 7 heteroatoms.